The number of nitrogen functional groups attached to an aromatic ring is 1. The Morgan fingerprint density at radius 2 is 1.02 bits per heavy atom. The van der Waals surface area contributed by atoms with Crippen molar-refractivity contribution in [1.82, 2.24) is 74.1 Å². The van der Waals surface area contributed by atoms with Crippen LogP contribution in [0.2, 0.25) is 0 Å². The molecule has 574 valence electrons. The molecule has 5 fully saturated rings. The topological polar surface area (TPSA) is 342 Å². The van der Waals surface area contributed by atoms with Gasteiger partial charge in [-0.1, -0.05) is 55.8 Å². The maximum absolute atomic E-state index is 13.3. The zero-order valence-electron chi connectivity index (χ0n) is 63.0. The van der Waals surface area contributed by atoms with Gasteiger partial charge in [0.1, 0.15) is 66.9 Å². The van der Waals surface area contributed by atoms with Gasteiger partial charge >= 0.3 is 17.9 Å². The minimum absolute atomic E-state index is 0.0226. The summed E-state index contributed by atoms with van der Waals surface area (Å²) in [5, 5.41) is 13.5. The number of nitrogens with two attached hydrogens (primary N) is 2. The highest BCUT2D eigenvalue weighted by atomic mass is 79.9. The molecule has 11 aromatic heterocycles. The highest BCUT2D eigenvalue weighted by Crippen LogP contribution is 2.56. The van der Waals surface area contributed by atoms with Crippen molar-refractivity contribution in [2.75, 3.05) is 32.6 Å². The molecule has 108 heavy (non-hydrogen) atoms. The van der Waals surface area contributed by atoms with Crippen LogP contribution >= 0.6 is 31.9 Å². The first-order valence-corrected chi connectivity index (χ1v) is 37.7. The number of ether oxygens (including phenoxy) is 3. The number of aryl methyl sites for hydroxylation is 4. The van der Waals surface area contributed by atoms with Gasteiger partial charge in [0.2, 0.25) is 0 Å². The van der Waals surface area contributed by atoms with Crippen LogP contribution < -0.4 is 17.0 Å². The molecule has 11 heterocycles. The Kier molecular flexibility index (Phi) is 32.6. The van der Waals surface area contributed by atoms with E-state index in [1.165, 1.54) is 47.7 Å². The van der Waals surface area contributed by atoms with Crippen molar-refractivity contribution in [1.29, 1.82) is 0 Å². The van der Waals surface area contributed by atoms with E-state index >= 15 is 0 Å². The summed E-state index contributed by atoms with van der Waals surface area (Å²) < 4.78 is 48.2. The number of ketones is 2. The van der Waals surface area contributed by atoms with Gasteiger partial charge in [0, 0.05) is 112 Å². The number of alkyl halides is 1. The van der Waals surface area contributed by atoms with Crippen molar-refractivity contribution in [3.05, 3.63) is 191 Å². The summed E-state index contributed by atoms with van der Waals surface area (Å²) in [4.78, 5) is 96.9. The number of nitrogens with one attached hydrogen (secondary N) is 1. The van der Waals surface area contributed by atoms with E-state index in [1.54, 1.807) is 51.6 Å². The van der Waals surface area contributed by atoms with E-state index in [0.29, 0.717) is 43.7 Å². The van der Waals surface area contributed by atoms with Crippen molar-refractivity contribution >= 4 is 112 Å². The summed E-state index contributed by atoms with van der Waals surface area (Å²) in [6.07, 6.45) is 16.8. The largest absolute Gasteiger partial charge is 0.466 e. The summed E-state index contributed by atoms with van der Waals surface area (Å²) in [6.45, 7) is 18.5. The van der Waals surface area contributed by atoms with E-state index in [1.807, 2.05) is 144 Å². The van der Waals surface area contributed by atoms with Gasteiger partial charge in [-0.05, 0) is 175 Å². The lowest BCUT2D eigenvalue weighted by molar-refractivity contribution is -0.146. The van der Waals surface area contributed by atoms with Gasteiger partial charge in [-0.25, -0.2) is 23.7 Å². The maximum atomic E-state index is 13.3. The van der Waals surface area contributed by atoms with Crippen LogP contribution in [0.3, 0.4) is 0 Å². The predicted octanol–water partition coefficient (Wildman–Crippen LogP) is 13.0. The van der Waals surface area contributed by atoms with Crippen LogP contribution in [0, 0.1) is 54.1 Å². The van der Waals surface area contributed by atoms with Gasteiger partial charge in [-0.15, -0.1) is 0 Å². The zero-order valence-corrected chi connectivity index (χ0v) is 66.1. The average molecular weight is 1610 g/mol. The number of imidazole rings is 1. The third kappa shape index (κ3) is 22.3. The molecule has 16 rings (SSSR count). The van der Waals surface area contributed by atoms with Crippen LogP contribution in [0.4, 0.5) is 14.6 Å². The normalized spacial score (nSPS) is 19.8. The summed E-state index contributed by atoms with van der Waals surface area (Å²) >= 11 is 6.26. The average Bonchev–Trinajstić information content (AvgIpc) is 1.59. The molecule has 0 bridgehead atoms. The number of hydrogen-bond acceptors (Lipinski definition) is 22. The number of aromatic nitrogens is 14. The number of hydrogen-bond donors (Lipinski definition) is 3. The second-order valence-corrected chi connectivity index (χ2v) is 27.0. The van der Waals surface area contributed by atoms with Crippen molar-refractivity contribution < 1.29 is 51.8 Å². The number of hydrazine groups is 1. The Balaban J connectivity index is 0.000000178. The second kappa shape index (κ2) is 41.3. The lowest BCUT2D eigenvalue weighted by atomic mass is 10.1. The molecule has 5 N–H and O–H groups in total. The number of Topliss-reactive ketones (excluding diaryl/α,β-unsaturated/α-hetero) is 2. The van der Waals surface area contributed by atoms with Gasteiger partial charge in [-0.3, -0.25) is 69.2 Å². The van der Waals surface area contributed by atoms with Crippen LogP contribution in [-0.4, -0.2) is 136 Å². The number of pyridine rings is 7. The highest BCUT2D eigenvalue weighted by molar-refractivity contribution is 9.10. The molecular weight excluding hydrogens is 1520 g/mol. The number of halogens is 4. The number of esters is 3. The molecule has 5 aliphatic rings. The molecule has 11 unspecified atom stereocenters. The summed E-state index contributed by atoms with van der Waals surface area (Å²) in [6, 6.07) is 28.7. The fourth-order valence-electron chi connectivity index (χ4n) is 12.1. The molecule has 0 radical (unpaired) electrons. The van der Waals surface area contributed by atoms with Gasteiger partial charge in [0.15, 0.2) is 17.4 Å². The summed E-state index contributed by atoms with van der Waals surface area (Å²) in [7, 11) is 7.49. The molecule has 0 aromatic carbocycles. The molecule has 0 aliphatic heterocycles. The quantitative estimate of drug-likeness (QED) is 0.0125. The molecular formula is C78H95Br2F2N17O9. The third-order valence-corrected chi connectivity index (χ3v) is 18.6. The number of nitrogens with zero attached hydrogens (tertiary/aromatic N) is 14. The molecule has 0 amide bonds. The summed E-state index contributed by atoms with van der Waals surface area (Å²) in [5.41, 5.74) is 19.8. The number of aldehydes is 1. The fraction of sp³-hybridized carbons (Fsp3) is 0.410. The van der Waals surface area contributed by atoms with E-state index in [9.17, 15) is 37.5 Å². The zero-order chi connectivity index (χ0) is 78.9. The first-order chi connectivity index (χ1) is 52.1. The number of fused-ring (bicyclic) bond motifs is 4. The number of carbonyl (C=O) groups excluding carboxylic acids is 6. The van der Waals surface area contributed by atoms with Gasteiger partial charge in [0.25, 0.3) is 0 Å². The Morgan fingerprint density at radius 1 is 0.565 bits per heavy atom. The van der Waals surface area contributed by atoms with Crippen molar-refractivity contribution in [3.8, 4) is 0 Å². The number of carbonyl (C=O) groups is 6. The van der Waals surface area contributed by atoms with E-state index < -0.39 is 23.4 Å². The smallest absolute Gasteiger partial charge is 0.309 e. The maximum Gasteiger partial charge on any atom is 0.309 e. The molecule has 11 atom stereocenters. The minimum Gasteiger partial charge on any atom is -0.466 e. The van der Waals surface area contributed by atoms with E-state index in [2.05, 4.69) is 112 Å². The minimum atomic E-state index is -0.646. The Bertz CT molecular complexity index is 4770. The van der Waals surface area contributed by atoms with Crippen LogP contribution in [0.5, 0.6) is 0 Å². The van der Waals surface area contributed by atoms with Gasteiger partial charge < -0.3 is 29.1 Å². The van der Waals surface area contributed by atoms with E-state index in [-0.39, 0.29) is 86.7 Å². The van der Waals surface area contributed by atoms with Gasteiger partial charge in [0.05, 0.1) is 65.2 Å². The van der Waals surface area contributed by atoms with E-state index in [0.717, 1.165) is 75.7 Å². The first kappa shape index (κ1) is 85.2. The monoisotopic (exact) mass is 1610 g/mol. The van der Waals surface area contributed by atoms with Crippen molar-refractivity contribution in [2.24, 2.45) is 62.5 Å². The number of anilines is 1. The standard InChI is InChI=1S/C18H17N5.C13H14BrN3O.C13H15N3O2.C12H12FNO3.C7H10O3.C5H3BrFN.C5H6N2.2C2H6.CH6N2/c1-11-16(20-15-7-3-4-9-23(11)15)12-10-13(12)18-17-14(21-22(18)2)6-5-8-19-17;1-7(14)13(18)9-6-8(9)12-11-10(16-17(12)2)4-3-5-15-11;1-3-18-13(17)9-7-8(9)12-11-10(15-16(12)2)5-4-6-14-11;1-2-17-12(16)8-6-7(8)11(15)10-9(13)4-3-5-14-10;1-2-10-7(9)6-3-5(6)4-8;6-5-4(7)2-1-3-8-5;6-5-3-1-2-4-7-5;2*1-2;1-3-2/h3-9,12-13H,10H2,1-2H3;3-5,7-9H,6H2,1-2H3;4-6,8-9H,3,7H2,1-2H3;3-5,7-8H,2,6H2,1H3;4-6H,2-3H2,1H3;1-3H;1-4H,(H2,6,7);2*1-2H3;3H,2H2,1H3. The molecule has 30 heteroatoms. The molecule has 5 saturated carbocycles. The number of rotatable bonds is 15. The van der Waals surface area contributed by atoms with E-state index in [4.69, 9.17) is 24.9 Å². The first-order valence-electron chi connectivity index (χ1n) is 35.9. The molecule has 26 nitrogen and oxygen atoms in total. The van der Waals surface area contributed by atoms with Crippen LogP contribution in [-0.2, 0) is 59.3 Å². The van der Waals surface area contributed by atoms with Crippen LogP contribution in [0.15, 0.2) is 145 Å². The SMILES string of the molecule is CC.CC.CC(Br)C(=O)C1CC1c1c2ncccc2nn1C.CCOC(=O)C1CC1C(=O)c1ncccc1F.CCOC(=O)C1CC1C=O.CCOC(=O)C1CC1c1c2ncccc2nn1C.CNN.Cc1c(C2CC2c2c3ncccc3nn2C)nc2ccccn12.Fc1cccnc1Br.Nc1ccccn1. The highest BCUT2D eigenvalue weighted by Gasteiger charge is 2.51. The predicted molar refractivity (Wildman–Crippen MR) is 415 cm³/mol. The second-order valence-electron chi connectivity index (χ2n) is 24.9. The molecule has 11 aromatic rings. The lowest BCUT2D eigenvalue weighted by Crippen LogP contribution is -2.13. The molecule has 0 spiro atoms. The molecule has 0 saturated heterocycles. The van der Waals surface area contributed by atoms with Crippen molar-refractivity contribution in [3.63, 3.8) is 0 Å². The molecule has 5 aliphatic carbocycles. The van der Waals surface area contributed by atoms with Gasteiger partial charge in [-0.2, -0.15) is 15.3 Å². The Hall–Kier alpha value is -10.0. The fourth-order valence-corrected chi connectivity index (χ4v) is 12.7. The van der Waals surface area contributed by atoms with Crippen molar-refractivity contribution in [2.45, 2.75) is 123 Å². The van der Waals surface area contributed by atoms with Crippen LogP contribution in [0.1, 0.15) is 150 Å². The Morgan fingerprint density at radius 3 is 1.45 bits per heavy atom. The summed E-state index contributed by atoms with van der Waals surface area (Å²) in [5.74, 6) is 3.78. The Labute approximate surface area is 643 Å². The third-order valence-electron chi connectivity index (χ3n) is 17.5. The van der Waals surface area contributed by atoms with Crippen LogP contribution in [0.25, 0.3) is 38.7 Å². The lowest BCUT2D eigenvalue weighted by Gasteiger charge is -2.03.